The van der Waals surface area contributed by atoms with Crippen LogP contribution in [0.15, 0.2) is 53.5 Å². The van der Waals surface area contributed by atoms with E-state index >= 15 is 0 Å². The van der Waals surface area contributed by atoms with E-state index in [0.717, 1.165) is 12.1 Å². The number of benzene rings is 1. The van der Waals surface area contributed by atoms with Crippen LogP contribution in [0, 0.1) is 5.92 Å². The van der Waals surface area contributed by atoms with E-state index in [1.165, 1.54) is 0 Å². The zero-order chi connectivity index (χ0) is 21.1. The van der Waals surface area contributed by atoms with Crippen LogP contribution in [0.4, 0.5) is 0 Å². The van der Waals surface area contributed by atoms with Gasteiger partial charge in [-0.2, -0.15) is 0 Å². The van der Waals surface area contributed by atoms with Crippen LogP contribution in [0.3, 0.4) is 0 Å². The van der Waals surface area contributed by atoms with Crippen molar-refractivity contribution in [3.05, 3.63) is 70.4 Å². The van der Waals surface area contributed by atoms with Gasteiger partial charge in [-0.05, 0) is 23.6 Å². The minimum atomic E-state index is -0.305. The smallest absolute Gasteiger partial charge is 0.263 e. The highest BCUT2D eigenvalue weighted by atomic mass is 16.2. The van der Waals surface area contributed by atoms with E-state index in [0.29, 0.717) is 42.9 Å². The quantitative estimate of drug-likeness (QED) is 0.705. The van der Waals surface area contributed by atoms with Crippen LogP contribution in [0.5, 0.6) is 0 Å². The largest absolute Gasteiger partial charge is 0.331 e. The van der Waals surface area contributed by atoms with Crippen molar-refractivity contribution in [2.45, 2.75) is 32.9 Å². The molecule has 1 aliphatic rings. The van der Waals surface area contributed by atoms with Gasteiger partial charge in [0.25, 0.3) is 5.56 Å². The van der Waals surface area contributed by atoms with Gasteiger partial charge >= 0.3 is 0 Å². The molecule has 3 aromatic rings. The zero-order valence-corrected chi connectivity index (χ0v) is 17.4. The van der Waals surface area contributed by atoms with Gasteiger partial charge in [0.15, 0.2) is 5.65 Å². The molecule has 1 N–H and O–H groups in total. The standard InChI is InChI=1S/C23H27N5O2/c1-16(2)20(27-14-13-24-12-10-19(27)29)22-26-21-18(9-6-11-25-21)23(30)28(22)15-17-7-4-3-5-8-17/h3-9,11,16,20,24H,10,12-15H2,1-2H3/t20-/m0/s1. The van der Waals surface area contributed by atoms with Gasteiger partial charge in [0.1, 0.15) is 5.82 Å². The summed E-state index contributed by atoms with van der Waals surface area (Å²) in [5.41, 5.74) is 1.31. The summed E-state index contributed by atoms with van der Waals surface area (Å²) in [6.45, 7) is 6.52. The molecule has 1 saturated heterocycles. The summed E-state index contributed by atoms with van der Waals surface area (Å²) < 4.78 is 1.72. The lowest BCUT2D eigenvalue weighted by molar-refractivity contribution is -0.134. The molecule has 30 heavy (non-hydrogen) atoms. The fourth-order valence-corrected chi connectivity index (χ4v) is 4.10. The van der Waals surface area contributed by atoms with Gasteiger partial charge in [-0.1, -0.05) is 44.2 Å². The van der Waals surface area contributed by atoms with Crippen molar-refractivity contribution in [3.63, 3.8) is 0 Å². The molecule has 0 radical (unpaired) electrons. The van der Waals surface area contributed by atoms with Gasteiger partial charge in [-0.3, -0.25) is 14.2 Å². The Hall–Kier alpha value is -3.06. The summed E-state index contributed by atoms with van der Waals surface area (Å²) >= 11 is 0. The third-order valence-corrected chi connectivity index (χ3v) is 5.54. The van der Waals surface area contributed by atoms with Crippen molar-refractivity contribution in [2.24, 2.45) is 5.92 Å². The maximum absolute atomic E-state index is 13.5. The average molecular weight is 406 g/mol. The molecule has 1 aliphatic heterocycles. The highest BCUT2D eigenvalue weighted by molar-refractivity contribution is 5.77. The molecule has 156 valence electrons. The molecule has 7 nitrogen and oxygen atoms in total. The second kappa shape index (κ2) is 8.75. The first kappa shape index (κ1) is 20.2. The maximum atomic E-state index is 13.5. The van der Waals surface area contributed by atoms with Gasteiger partial charge in [0.2, 0.25) is 5.91 Å². The van der Waals surface area contributed by atoms with Crippen molar-refractivity contribution in [1.82, 2.24) is 24.8 Å². The minimum absolute atomic E-state index is 0.0836. The Bertz CT molecular complexity index is 1090. The lowest BCUT2D eigenvalue weighted by atomic mass is 10.00. The number of nitrogens with one attached hydrogen (secondary N) is 1. The molecule has 0 unspecified atom stereocenters. The monoisotopic (exact) mass is 405 g/mol. The van der Waals surface area contributed by atoms with Crippen molar-refractivity contribution >= 4 is 16.9 Å². The minimum Gasteiger partial charge on any atom is -0.331 e. The molecule has 1 aromatic carbocycles. The Morgan fingerprint density at radius 2 is 1.87 bits per heavy atom. The number of pyridine rings is 1. The number of hydrogen-bond donors (Lipinski definition) is 1. The number of hydrogen-bond acceptors (Lipinski definition) is 5. The molecule has 3 heterocycles. The van der Waals surface area contributed by atoms with E-state index in [1.807, 2.05) is 35.2 Å². The fraction of sp³-hybridized carbons (Fsp3) is 0.391. The van der Waals surface area contributed by atoms with Crippen LogP contribution in [0.25, 0.3) is 11.0 Å². The third kappa shape index (κ3) is 3.98. The van der Waals surface area contributed by atoms with E-state index in [4.69, 9.17) is 4.98 Å². The SMILES string of the molecule is CC(C)[C@@H](c1nc2ncccc2c(=O)n1Cc1ccccc1)N1CCNCCC1=O. The number of aromatic nitrogens is 3. The second-order valence-electron chi connectivity index (χ2n) is 8.00. The van der Waals surface area contributed by atoms with Gasteiger partial charge in [0, 0.05) is 32.3 Å². The highest BCUT2D eigenvalue weighted by Gasteiger charge is 2.32. The normalized spacial score (nSPS) is 16.1. The summed E-state index contributed by atoms with van der Waals surface area (Å²) in [5, 5.41) is 3.77. The zero-order valence-electron chi connectivity index (χ0n) is 17.4. The number of amides is 1. The molecule has 0 bridgehead atoms. The molecule has 1 amide bonds. The molecule has 2 aromatic heterocycles. The number of carbonyl (C=O) groups excluding carboxylic acids is 1. The van der Waals surface area contributed by atoms with Crippen LogP contribution in [0.1, 0.15) is 37.7 Å². The van der Waals surface area contributed by atoms with Gasteiger partial charge in [-0.25, -0.2) is 9.97 Å². The Morgan fingerprint density at radius 1 is 1.07 bits per heavy atom. The summed E-state index contributed by atoms with van der Waals surface area (Å²) in [4.78, 5) is 37.4. The molecular formula is C23H27N5O2. The predicted octanol–water partition coefficient (Wildman–Crippen LogP) is 2.36. The Balaban J connectivity index is 1.91. The second-order valence-corrected chi connectivity index (χ2v) is 8.00. The van der Waals surface area contributed by atoms with Gasteiger partial charge in [0.05, 0.1) is 18.0 Å². The van der Waals surface area contributed by atoms with Crippen LogP contribution < -0.4 is 10.9 Å². The van der Waals surface area contributed by atoms with E-state index in [1.54, 1.807) is 22.9 Å². The van der Waals surface area contributed by atoms with E-state index in [-0.39, 0.29) is 23.4 Å². The predicted molar refractivity (Wildman–Crippen MR) is 116 cm³/mol. The summed E-state index contributed by atoms with van der Waals surface area (Å²) in [6, 6.07) is 13.1. The molecule has 7 heteroatoms. The maximum Gasteiger partial charge on any atom is 0.263 e. The van der Waals surface area contributed by atoms with Crippen LogP contribution in [-0.2, 0) is 11.3 Å². The first-order valence-corrected chi connectivity index (χ1v) is 10.5. The number of rotatable bonds is 5. The molecule has 0 spiro atoms. The number of carbonyl (C=O) groups is 1. The molecule has 0 saturated carbocycles. The van der Waals surface area contributed by atoms with Crippen molar-refractivity contribution in [3.8, 4) is 0 Å². The van der Waals surface area contributed by atoms with Gasteiger partial charge in [-0.15, -0.1) is 0 Å². The van der Waals surface area contributed by atoms with Crippen LogP contribution in [-0.4, -0.2) is 45.0 Å². The van der Waals surface area contributed by atoms with E-state index in [9.17, 15) is 9.59 Å². The molecule has 1 fully saturated rings. The molecule has 1 atom stereocenters. The lowest BCUT2D eigenvalue weighted by Crippen LogP contribution is -2.42. The third-order valence-electron chi connectivity index (χ3n) is 5.54. The topological polar surface area (TPSA) is 80.1 Å². The summed E-state index contributed by atoms with van der Waals surface area (Å²) in [6.07, 6.45) is 2.09. The molecule has 0 aliphatic carbocycles. The first-order valence-electron chi connectivity index (χ1n) is 10.5. The summed E-state index contributed by atoms with van der Waals surface area (Å²) in [5.74, 6) is 0.766. The fourth-order valence-electron chi connectivity index (χ4n) is 4.10. The van der Waals surface area contributed by atoms with Crippen molar-refractivity contribution in [1.29, 1.82) is 0 Å². The molecular weight excluding hydrogens is 378 g/mol. The van der Waals surface area contributed by atoms with Gasteiger partial charge < -0.3 is 10.2 Å². The van der Waals surface area contributed by atoms with E-state index < -0.39 is 0 Å². The van der Waals surface area contributed by atoms with Crippen molar-refractivity contribution in [2.75, 3.05) is 19.6 Å². The van der Waals surface area contributed by atoms with E-state index in [2.05, 4.69) is 24.1 Å². The Morgan fingerprint density at radius 3 is 2.63 bits per heavy atom. The van der Waals surface area contributed by atoms with Crippen LogP contribution in [0.2, 0.25) is 0 Å². The first-order chi connectivity index (χ1) is 14.6. The van der Waals surface area contributed by atoms with Crippen LogP contribution >= 0.6 is 0 Å². The highest BCUT2D eigenvalue weighted by Crippen LogP contribution is 2.29. The molecule has 4 rings (SSSR count). The number of fused-ring (bicyclic) bond motifs is 1. The Labute approximate surface area is 175 Å². The lowest BCUT2D eigenvalue weighted by Gasteiger charge is -2.34. The van der Waals surface area contributed by atoms with Crippen molar-refractivity contribution < 1.29 is 4.79 Å². The Kier molecular flexibility index (Phi) is 5.90. The summed E-state index contributed by atoms with van der Waals surface area (Å²) in [7, 11) is 0. The average Bonchev–Trinajstić information content (AvgIpc) is 2.96. The number of nitrogens with zero attached hydrogens (tertiary/aromatic N) is 4.